The van der Waals surface area contributed by atoms with Crippen molar-refractivity contribution in [1.82, 2.24) is 0 Å². The largest absolute Gasteiger partial charge is 0.486 e. The van der Waals surface area contributed by atoms with Crippen LogP contribution in [0.3, 0.4) is 0 Å². The lowest BCUT2D eigenvalue weighted by molar-refractivity contribution is -0.148. The van der Waals surface area contributed by atoms with E-state index in [0.29, 0.717) is 0 Å². The quantitative estimate of drug-likeness (QED) is 0.414. The van der Waals surface area contributed by atoms with Gasteiger partial charge in [0.05, 0.1) is 0 Å². The Morgan fingerprint density at radius 3 is 2.19 bits per heavy atom. The lowest BCUT2D eigenvalue weighted by Crippen LogP contribution is -2.05. The Morgan fingerprint density at radius 1 is 1.25 bits per heavy atom. The van der Waals surface area contributed by atoms with Gasteiger partial charge in [-0.2, -0.15) is 4.31 Å². The van der Waals surface area contributed by atoms with E-state index in [9.17, 15) is 13.9 Å². The van der Waals surface area contributed by atoms with Crippen LogP contribution in [0.15, 0.2) is 0 Å². The molecule has 0 rings (SSSR count). The Balaban J connectivity index is 4.38. The molecule has 0 heterocycles. The minimum absolute atomic E-state index is 0.693. The van der Waals surface area contributed by atoms with Crippen LogP contribution < -0.4 is 0 Å². The Hall–Kier alpha value is -0.270. The van der Waals surface area contributed by atoms with Crippen molar-refractivity contribution >= 4 is 21.6 Å². The highest BCUT2D eigenvalue weighted by atomic mass is 31.3. The molecule has 1 N–H and O–H groups in total. The average molecular weight is 278 g/mol. The lowest BCUT2D eigenvalue weighted by atomic mass is 10.8. The highest BCUT2D eigenvalue weighted by Crippen LogP contribution is 2.62. The van der Waals surface area contributed by atoms with Crippen LogP contribution in [0.2, 0.25) is 0 Å². The lowest BCUT2D eigenvalue weighted by Gasteiger charge is -2.17. The summed E-state index contributed by atoms with van der Waals surface area (Å²) in [5, 5.41) is 0. The van der Waals surface area contributed by atoms with Gasteiger partial charge in [-0.25, -0.2) is 13.7 Å². The predicted octanol–water partition coefficient (Wildman–Crippen LogP) is 1.04. The monoisotopic (exact) mass is 278 g/mol. The highest BCUT2D eigenvalue weighted by Gasteiger charge is 2.36. The molecule has 0 aromatic heterocycles. The minimum Gasteiger partial charge on any atom is -0.438 e. The third-order valence-corrected chi connectivity index (χ3v) is 4.09. The van der Waals surface area contributed by atoms with Crippen molar-refractivity contribution < 1.29 is 41.4 Å². The normalized spacial score (nSPS) is 18.5. The molecule has 0 aliphatic heterocycles. The smallest absolute Gasteiger partial charge is 0.438 e. The number of esters is 1. The molecule has 0 bridgehead atoms. The van der Waals surface area contributed by atoms with E-state index >= 15 is 0 Å². The topological polar surface area (TPSA) is 118 Å². The Morgan fingerprint density at radius 2 is 1.81 bits per heavy atom. The van der Waals surface area contributed by atoms with Gasteiger partial charge in [0.25, 0.3) is 0 Å². The first-order valence-corrected chi connectivity index (χ1v) is 6.74. The summed E-state index contributed by atoms with van der Waals surface area (Å²) in [5.41, 5.74) is 0. The maximum absolute atomic E-state index is 11.5. The van der Waals surface area contributed by atoms with Crippen LogP contribution in [0, 0.1) is 0 Å². The first kappa shape index (κ1) is 15.7. The molecule has 0 fully saturated rings. The van der Waals surface area contributed by atoms with Gasteiger partial charge < -0.3 is 9.63 Å². The second kappa shape index (κ2) is 6.46. The summed E-state index contributed by atoms with van der Waals surface area (Å²) >= 11 is 0. The van der Waals surface area contributed by atoms with Gasteiger partial charge in [0, 0.05) is 21.1 Å². The summed E-state index contributed by atoms with van der Waals surface area (Å²) in [6.45, 7) is 0.345. The average Bonchev–Trinajstić information content (AvgIpc) is 2.16. The SMILES string of the molecule is COP(=O)(O)OP(=O)(OC)OCOC(C)=O. The fourth-order valence-electron chi connectivity index (χ4n) is 0.443. The summed E-state index contributed by atoms with van der Waals surface area (Å²) in [4.78, 5) is 19.2. The molecule has 0 aromatic rings. The van der Waals surface area contributed by atoms with E-state index in [1.165, 1.54) is 0 Å². The van der Waals surface area contributed by atoms with E-state index < -0.39 is 28.4 Å². The number of phosphoric acid groups is 2. The summed E-state index contributed by atoms with van der Waals surface area (Å²) < 4.78 is 43.4. The fourth-order valence-corrected chi connectivity index (χ4v) is 2.46. The van der Waals surface area contributed by atoms with Crippen LogP contribution in [0.25, 0.3) is 0 Å². The fraction of sp³-hybridized carbons (Fsp3) is 0.800. The molecule has 11 heteroatoms. The number of rotatable bonds is 7. The molecule has 0 radical (unpaired) electrons. The molecule has 9 nitrogen and oxygen atoms in total. The maximum atomic E-state index is 11.5. The van der Waals surface area contributed by atoms with Crippen LogP contribution >= 0.6 is 15.6 Å². The summed E-state index contributed by atoms with van der Waals surface area (Å²) in [6, 6.07) is 0. The van der Waals surface area contributed by atoms with Crippen molar-refractivity contribution in [2.24, 2.45) is 0 Å². The molecule has 0 saturated carbocycles. The molecule has 0 aromatic carbocycles. The number of hydrogen-bond acceptors (Lipinski definition) is 8. The van der Waals surface area contributed by atoms with Crippen molar-refractivity contribution in [2.75, 3.05) is 21.0 Å². The van der Waals surface area contributed by atoms with Crippen molar-refractivity contribution in [3.63, 3.8) is 0 Å². The zero-order chi connectivity index (χ0) is 12.8. The number of carbonyl (C=O) groups excluding carboxylic acids is 1. The molecule has 2 unspecified atom stereocenters. The molecule has 0 aliphatic carbocycles. The zero-order valence-corrected chi connectivity index (χ0v) is 10.6. The maximum Gasteiger partial charge on any atom is 0.486 e. The van der Waals surface area contributed by atoms with E-state index in [0.717, 1.165) is 21.1 Å². The molecular formula is C5H12O9P2. The van der Waals surface area contributed by atoms with Crippen LogP contribution in [0.1, 0.15) is 6.92 Å². The van der Waals surface area contributed by atoms with Crippen LogP contribution in [-0.4, -0.2) is 31.9 Å². The Labute approximate surface area is 91.8 Å². The van der Waals surface area contributed by atoms with Gasteiger partial charge in [0.15, 0.2) is 0 Å². The van der Waals surface area contributed by atoms with Crippen LogP contribution in [-0.2, 0) is 36.5 Å². The van der Waals surface area contributed by atoms with Gasteiger partial charge in [-0.15, -0.1) is 0 Å². The summed E-state index contributed by atoms with van der Waals surface area (Å²) in [6.07, 6.45) is 0. The third-order valence-electron chi connectivity index (χ3n) is 1.13. The Bertz CT molecular complexity index is 326. The van der Waals surface area contributed by atoms with Gasteiger partial charge in [-0.3, -0.25) is 13.8 Å². The molecule has 0 spiro atoms. The van der Waals surface area contributed by atoms with Gasteiger partial charge in [-0.05, 0) is 0 Å². The van der Waals surface area contributed by atoms with Crippen LogP contribution in [0.5, 0.6) is 0 Å². The summed E-state index contributed by atoms with van der Waals surface area (Å²) in [7, 11) is -7.05. The standard InChI is InChI=1S/C5H12O9P2/c1-5(6)12-4-13-16(9,11-3)14-15(7,8)10-2/h4H2,1-3H3,(H,7,8). The minimum atomic E-state index is -4.53. The van der Waals surface area contributed by atoms with E-state index in [-0.39, 0.29) is 0 Å². The van der Waals surface area contributed by atoms with E-state index in [1.807, 2.05) is 0 Å². The second-order valence-corrected chi connectivity index (χ2v) is 5.72. The summed E-state index contributed by atoms with van der Waals surface area (Å²) in [5.74, 6) is -0.693. The van der Waals surface area contributed by atoms with Crippen molar-refractivity contribution in [3.05, 3.63) is 0 Å². The second-order valence-electron chi connectivity index (χ2n) is 2.25. The van der Waals surface area contributed by atoms with Crippen LogP contribution in [0.4, 0.5) is 0 Å². The Kier molecular flexibility index (Phi) is 6.35. The van der Waals surface area contributed by atoms with Gasteiger partial charge in [0.2, 0.25) is 6.79 Å². The molecule has 16 heavy (non-hydrogen) atoms. The first-order chi connectivity index (χ1) is 7.24. The van der Waals surface area contributed by atoms with Crippen molar-refractivity contribution in [3.8, 4) is 0 Å². The van der Waals surface area contributed by atoms with Gasteiger partial charge in [-0.1, -0.05) is 0 Å². The number of ether oxygens (including phenoxy) is 1. The van der Waals surface area contributed by atoms with E-state index in [4.69, 9.17) is 4.89 Å². The molecule has 96 valence electrons. The molecule has 0 amide bonds. The third kappa shape index (κ3) is 6.34. The molecular weight excluding hydrogens is 266 g/mol. The number of hydrogen-bond donors (Lipinski definition) is 1. The number of phosphoric ester groups is 2. The highest BCUT2D eigenvalue weighted by molar-refractivity contribution is 7.61. The van der Waals surface area contributed by atoms with Crippen molar-refractivity contribution in [2.45, 2.75) is 6.92 Å². The van der Waals surface area contributed by atoms with Gasteiger partial charge in [0.1, 0.15) is 0 Å². The first-order valence-electron chi connectivity index (χ1n) is 3.78. The van der Waals surface area contributed by atoms with E-state index in [2.05, 4.69) is 22.6 Å². The number of carbonyl (C=O) groups is 1. The molecule has 2 atom stereocenters. The zero-order valence-electron chi connectivity index (χ0n) is 8.81. The van der Waals surface area contributed by atoms with E-state index in [1.54, 1.807) is 0 Å². The predicted molar refractivity (Wildman–Crippen MR) is 50.3 cm³/mol. The molecule has 0 aliphatic rings. The van der Waals surface area contributed by atoms with Gasteiger partial charge >= 0.3 is 21.6 Å². The molecule has 0 saturated heterocycles. The van der Waals surface area contributed by atoms with Crippen molar-refractivity contribution in [1.29, 1.82) is 0 Å².